The average molecular weight is 232 g/mol. The number of methoxy groups -OCH3 is 1. The number of hydrogen-bond acceptors (Lipinski definition) is 4. The second-order valence-corrected chi connectivity index (χ2v) is 4.16. The third-order valence-corrected chi connectivity index (χ3v) is 3.19. The quantitative estimate of drug-likeness (QED) is 0.814. The SMILES string of the molecule is COc1cccc2oc3c(c(=O)c12)[C@@H](O)CC3. The van der Waals surface area contributed by atoms with Gasteiger partial charge in [0.25, 0.3) is 0 Å². The maximum absolute atomic E-state index is 12.3. The summed E-state index contributed by atoms with van der Waals surface area (Å²) in [6.45, 7) is 0. The van der Waals surface area contributed by atoms with E-state index in [1.807, 2.05) is 0 Å². The predicted octanol–water partition coefficient (Wildman–Crippen LogP) is 1.78. The zero-order chi connectivity index (χ0) is 12.0. The Hall–Kier alpha value is -1.81. The molecule has 88 valence electrons. The highest BCUT2D eigenvalue weighted by Gasteiger charge is 2.28. The molecule has 0 radical (unpaired) electrons. The van der Waals surface area contributed by atoms with Crippen molar-refractivity contribution in [1.82, 2.24) is 0 Å². The summed E-state index contributed by atoms with van der Waals surface area (Å²) >= 11 is 0. The van der Waals surface area contributed by atoms with E-state index in [-0.39, 0.29) is 5.43 Å². The summed E-state index contributed by atoms with van der Waals surface area (Å²) < 4.78 is 10.8. The highest BCUT2D eigenvalue weighted by Crippen LogP contribution is 2.33. The molecular formula is C13H12O4. The molecule has 1 heterocycles. The molecule has 4 heteroatoms. The van der Waals surface area contributed by atoms with E-state index < -0.39 is 6.10 Å². The van der Waals surface area contributed by atoms with Crippen LogP contribution in [0.25, 0.3) is 11.0 Å². The number of fused-ring (bicyclic) bond motifs is 2. The average Bonchev–Trinajstić information content (AvgIpc) is 2.70. The van der Waals surface area contributed by atoms with E-state index in [1.165, 1.54) is 7.11 Å². The van der Waals surface area contributed by atoms with Crippen molar-refractivity contribution in [2.45, 2.75) is 18.9 Å². The van der Waals surface area contributed by atoms with Crippen LogP contribution in [0.5, 0.6) is 5.75 Å². The van der Waals surface area contributed by atoms with Crippen molar-refractivity contribution in [3.05, 3.63) is 39.7 Å². The summed E-state index contributed by atoms with van der Waals surface area (Å²) in [7, 11) is 1.51. The first kappa shape index (κ1) is 10.4. The van der Waals surface area contributed by atoms with Gasteiger partial charge >= 0.3 is 0 Å². The van der Waals surface area contributed by atoms with E-state index in [9.17, 15) is 9.90 Å². The van der Waals surface area contributed by atoms with Gasteiger partial charge in [0.05, 0.1) is 18.8 Å². The summed E-state index contributed by atoms with van der Waals surface area (Å²) in [5.74, 6) is 1.08. The molecule has 4 nitrogen and oxygen atoms in total. The highest BCUT2D eigenvalue weighted by atomic mass is 16.5. The minimum Gasteiger partial charge on any atom is -0.496 e. The molecule has 0 spiro atoms. The van der Waals surface area contributed by atoms with Crippen LogP contribution in [0, 0.1) is 0 Å². The monoisotopic (exact) mass is 232 g/mol. The molecule has 3 rings (SSSR count). The van der Waals surface area contributed by atoms with E-state index in [0.29, 0.717) is 40.9 Å². The van der Waals surface area contributed by atoms with Crippen molar-refractivity contribution in [2.24, 2.45) is 0 Å². The summed E-state index contributed by atoms with van der Waals surface area (Å²) in [5, 5.41) is 10.2. The Morgan fingerprint density at radius 3 is 3.06 bits per heavy atom. The zero-order valence-electron chi connectivity index (χ0n) is 9.40. The van der Waals surface area contributed by atoms with Crippen LogP contribution in [0.4, 0.5) is 0 Å². The molecule has 1 aliphatic carbocycles. The van der Waals surface area contributed by atoms with Gasteiger partial charge < -0.3 is 14.3 Å². The van der Waals surface area contributed by atoms with E-state index in [1.54, 1.807) is 18.2 Å². The molecule has 0 saturated heterocycles. The van der Waals surface area contributed by atoms with Gasteiger partial charge in [-0.3, -0.25) is 4.79 Å². The second-order valence-electron chi connectivity index (χ2n) is 4.16. The van der Waals surface area contributed by atoms with E-state index in [0.717, 1.165) is 0 Å². The van der Waals surface area contributed by atoms with E-state index in [2.05, 4.69) is 0 Å². The molecule has 1 aromatic carbocycles. The molecular weight excluding hydrogens is 220 g/mol. The maximum atomic E-state index is 12.3. The third-order valence-electron chi connectivity index (χ3n) is 3.19. The van der Waals surface area contributed by atoms with Gasteiger partial charge in [-0.15, -0.1) is 0 Å². The molecule has 2 aromatic rings. The molecule has 0 saturated carbocycles. The molecule has 0 fully saturated rings. The topological polar surface area (TPSA) is 59.7 Å². The smallest absolute Gasteiger partial charge is 0.202 e. The van der Waals surface area contributed by atoms with Crippen molar-refractivity contribution in [3.8, 4) is 5.75 Å². The normalized spacial score (nSPS) is 18.4. The number of hydrogen-bond donors (Lipinski definition) is 1. The lowest BCUT2D eigenvalue weighted by Crippen LogP contribution is -2.12. The largest absolute Gasteiger partial charge is 0.496 e. The van der Waals surface area contributed by atoms with Crippen LogP contribution in [-0.4, -0.2) is 12.2 Å². The standard InChI is InChI=1S/C13H12O4/c1-16-8-3-2-4-9-12(8)13(15)11-7(14)5-6-10(11)17-9/h2-4,7,14H,5-6H2,1H3/t7-/m0/s1. The first-order valence-corrected chi connectivity index (χ1v) is 5.53. The Morgan fingerprint density at radius 2 is 2.29 bits per heavy atom. The van der Waals surface area contributed by atoms with Gasteiger partial charge in [0, 0.05) is 6.42 Å². The third kappa shape index (κ3) is 1.37. The highest BCUT2D eigenvalue weighted by molar-refractivity contribution is 5.84. The first-order valence-electron chi connectivity index (χ1n) is 5.53. The summed E-state index contributed by atoms with van der Waals surface area (Å²) in [4.78, 5) is 12.3. The van der Waals surface area contributed by atoms with E-state index in [4.69, 9.17) is 9.15 Å². The number of benzene rings is 1. The number of aliphatic hydroxyl groups excluding tert-OH is 1. The molecule has 1 aromatic heterocycles. The maximum Gasteiger partial charge on any atom is 0.202 e. The van der Waals surface area contributed by atoms with E-state index >= 15 is 0 Å². The molecule has 1 aliphatic rings. The van der Waals surface area contributed by atoms with Crippen LogP contribution in [0.1, 0.15) is 23.8 Å². The Balaban J connectivity index is 2.45. The van der Waals surface area contributed by atoms with Crippen LogP contribution in [0.3, 0.4) is 0 Å². The lowest BCUT2D eigenvalue weighted by atomic mass is 10.1. The van der Waals surface area contributed by atoms with Crippen molar-refractivity contribution in [1.29, 1.82) is 0 Å². The van der Waals surface area contributed by atoms with Gasteiger partial charge in [0.15, 0.2) is 0 Å². The predicted molar refractivity (Wildman–Crippen MR) is 62.3 cm³/mol. The van der Waals surface area contributed by atoms with Crippen molar-refractivity contribution in [3.63, 3.8) is 0 Å². The van der Waals surface area contributed by atoms with Gasteiger partial charge in [-0.1, -0.05) is 6.07 Å². The van der Waals surface area contributed by atoms with Crippen molar-refractivity contribution in [2.75, 3.05) is 7.11 Å². The molecule has 0 bridgehead atoms. The molecule has 1 atom stereocenters. The first-order chi connectivity index (χ1) is 8.22. The fraction of sp³-hybridized carbons (Fsp3) is 0.308. The van der Waals surface area contributed by atoms with Gasteiger partial charge in [0.1, 0.15) is 22.5 Å². The molecule has 17 heavy (non-hydrogen) atoms. The molecule has 0 aliphatic heterocycles. The Morgan fingerprint density at radius 1 is 1.47 bits per heavy atom. The number of aliphatic hydroxyl groups is 1. The zero-order valence-corrected chi connectivity index (χ0v) is 9.40. The summed E-state index contributed by atoms with van der Waals surface area (Å²) in [6, 6.07) is 5.24. The summed E-state index contributed by atoms with van der Waals surface area (Å²) in [6.07, 6.45) is 0.446. The fourth-order valence-electron chi connectivity index (χ4n) is 2.37. The van der Waals surface area contributed by atoms with Gasteiger partial charge in [-0.2, -0.15) is 0 Å². The van der Waals surface area contributed by atoms with Crippen LogP contribution in [0.15, 0.2) is 27.4 Å². The fourth-order valence-corrected chi connectivity index (χ4v) is 2.37. The van der Waals surface area contributed by atoms with Gasteiger partial charge in [-0.25, -0.2) is 0 Å². The number of ether oxygens (including phenoxy) is 1. The van der Waals surface area contributed by atoms with Crippen molar-refractivity contribution < 1.29 is 14.3 Å². The minimum atomic E-state index is -0.712. The Bertz CT molecular complexity index is 642. The van der Waals surface area contributed by atoms with Crippen LogP contribution in [0.2, 0.25) is 0 Å². The van der Waals surface area contributed by atoms with Gasteiger partial charge in [-0.05, 0) is 18.6 Å². The Labute approximate surface area is 97.4 Å². The van der Waals surface area contributed by atoms with Gasteiger partial charge in [0.2, 0.25) is 5.43 Å². The lowest BCUT2D eigenvalue weighted by molar-refractivity contribution is 0.179. The van der Waals surface area contributed by atoms with Crippen molar-refractivity contribution >= 4 is 11.0 Å². The minimum absolute atomic E-state index is 0.177. The second kappa shape index (κ2) is 3.60. The molecule has 1 N–H and O–H groups in total. The summed E-state index contributed by atoms with van der Waals surface area (Å²) in [5.41, 5.74) is 0.730. The molecule has 0 unspecified atom stereocenters. The van der Waals surface area contributed by atoms with Crippen LogP contribution < -0.4 is 10.2 Å². The van der Waals surface area contributed by atoms with Crippen LogP contribution >= 0.6 is 0 Å². The molecule has 0 amide bonds. The lowest BCUT2D eigenvalue weighted by Gasteiger charge is -2.07. The Kier molecular flexibility index (Phi) is 2.19. The number of aryl methyl sites for hydroxylation is 1. The number of rotatable bonds is 1. The van der Waals surface area contributed by atoms with Crippen LogP contribution in [-0.2, 0) is 6.42 Å².